The van der Waals surface area contributed by atoms with Crippen LogP contribution in [0, 0.1) is 0 Å². The zero-order valence-corrected chi connectivity index (χ0v) is 17.1. The third-order valence-corrected chi connectivity index (χ3v) is 4.63. The largest absolute Gasteiger partial charge is 0.423 e. The Hall–Kier alpha value is -3.35. The van der Waals surface area contributed by atoms with Crippen molar-refractivity contribution in [3.8, 4) is 5.75 Å². The highest BCUT2D eigenvalue weighted by Crippen LogP contribution is 2.18. The van der Waals surface area contributed by atoms with E-state index in [1.54, 1.807) is 48.5 Å². The minimum atomic E-state index is -0.487. The van der Waals surface area contributed by atoms with E-state index in [-0.39, 0.29) is 17.9 Å². The molecule has 0 saturated heterocycles. The van der Waals surface area contributed by atoms with E-state index < -0.39 is 5.97 Å². The second-order valence-corrected chi connectivity index (χ2v) is 6.73. The highest BCUT2D eigenvalue weighted by molar-refractivity contribution is 5.91. The Morgan fingerprint density at radius 3 is 2.17 bits per heavy atom. The predicted molar refractivity (Wildman–Crippen MR) is 114 cm³/mol. The molecule has 2 aromatic rings. The van der Waals surface area contributed by atoms with Crippen LogP contribution >= 0.6 is 0 Å². The fourth-order valence-electron chi connectivity index (χ4n) is 2.89. The van der Waals surface area contributed by atoms with Crippen LogP contribution in [0.2, 0.25) is 0 Å². The number of likely N-dealkylation sites (N-methyl/N-ethyl adjacent to an activating group) is 1. The lowest BCUT2D eigenvalue weighted by molar-refractivity contribution is -0.132. The first-order valence-electron chi connectivity index (χ1n) is 9.64. The van der Waals surface area contributed by atoms with Gasteiger partial charge in [-0.25, -0.2) is 9.79 Å². The molecule has 0 radical (unpaired) electrons. The molecular weight excluding hydrogens is 368 g/mol. The number of amides is 1. The molecular formula is C22H28N4O3. The van der Waals surface area contributed by atoms with Gasteiger partial charge in [-0.3, -0.25) is 4.79 Å². The number of hydrogen-bond acceptors (Lipinski definition) is 4. The normalized spacial score (nSPS) is 11.4. The van der Waals surface area contributed by atoms with Crippen LogP contribution in [0.15, 0.2) is 53.5 Å². The van der Waals surface area contributed by atoms with Crippen LogP contribution in [0.4, 0.5) is 5.69 Å². The van der Waals surface area contributed by atoms with E-state index in [1.165, 1.54) is 0 Å². The van der Waals surface area contributed by atoms with E-state index in [0.29, 0.717) is 30.0 Å². The molecule has 1 unspecified atom stereocenters. The maximum absolute atomic E-state index is 12.5. The van der Waals surface area contributed by atoms with Gasteiger partial charge in [0.1, 0.15) is 5.75 Å². The molecule has 4 N–H and O–H groups in total. The Morgan fingerprint density at radius 1 is 1.03 bits per heavy atom. The van der Waals surface area contributed by atoms with Crippen LogP contribution in [0.3, 0.4) is 0 Å². The topological polar surface area (TPSA) is 111 Å². The van der Waals surface area contributed by atoms with Crippen LogP contribution in [0.5, 0.6) is 5.75 Å². The lowest BCUT2D eigenvalue weighted by Gasteiger charge is -2.27. The molecule has 0 heterocycles. The monoisotopic (exact) mass is 396 g/mol. The van der Waals surface area contributed by atoms with Gasteiger partial charge in [-0.15, -0.1) is 0 Å². The summed E-state index contributed by atoms with van der Waals surface area (Å²) in [5.41, 5.74) is 12.5. The zero-order valence-electron chi connectivity index (χ0n) is 17.1. The summed E-state index contributed by atoms with van der Waals surface area (Å²) >= 11 is 0. The number of nitrogens with zero attached hydrogens (tertiary/aromatic N) is 2. The lowest BCUT2D eigenvalue weighted by Crippen LogP contribution is -2.39. The first kappa shape index (κ1) is 21.9. The third-order valence-electron chi connectivity index (χ3n) is 4.63. The van der Waals surface area contributed by atoms with Crippen LogP contribution in [0.25, 0.3) is 0 Å². The Bertz CT molecular complexity index is 857. The number of hydrogen-bond donors (Lipinski definition) is 2. The lowest BCUT2D eigenvalue weighted by atomic mass is 10.1. The van der Waals surface area contributed by atoms with Gasteiger partial charge in [-0.1, -0.05) is 19.1 Å². The van der Waals surface area contributed by atoms with E-state index >= 15 is 0 Å². The minimum Gasteiger partial charge on any atom is -0.423 e. The van der Waals surface area contributed by atoms with Crippen LogP contribution in [-0.4, -0.2) is 35.3 Å². The van der Waals surface area contributed by atoms with Crippen molar-refractivity contribution in [3.05, 3.63) is 59.7 Å². The molecule has 154 valence electrons. The molecule has 1 atom stereocenters. The van der Waals surface area contributed by atoms with Crippen molar-refractivity contribution in [3.63, 3.8) is 0 Å². The Labute approximate surface area is 171 Å². The van der Waals surface area contributed by atoms with Gasteiger partial charge in [0.25, 0.3) is 0 Å². The van der Waals surface area contributed by atoms with Crippen molar-refractivity contribution in [2.24, 2.45) is 16.5 Å². The first-order valence-corrected chi connectivity index (χ1v) is 9.64. The zero-order chi connectivity index (χ0) is 21.4. The Morgan fingerprint density at radius 2 is 1.66 bits per heavy atom. The van der Waals surface area contributed by atoms with Crippen molar-refractivity contribution in [1.82, 2.24) is 4.90 Å². The Kier molecular flexibility index (Phi) is 7.77. The molecule has 0 spiro atoms. The van der Waals surface area contributed by atoms with Crippen molar-refractivity contribution < 1.29 is 14.3 Å². The smallest absolute Gasteiger partial charge is 0.343 e. The van der Waals surface area contributed by atoms with Gasteiger partial charge in [-0.2, -0.15) is 0 Å². The van der Waals surface area contributed by atoms with Gasteiger partial charge >= 0.3 is 5.97 Å². The predicted octanol–water partition coefficient (Wildman–Crippen LogP) is 3.00. The summed E-state index contributed by atoms with van der Waals surface area (Å²) in [7, 11) is 0. The number of rotatable bonds is 8. The number of guanidine groups is 1. The molecule has 0 aliphatic carbocycles. The summed E-state index contributed by atoms with van der Waals surface area (Å²) in [6.07, 6.45) is 1.24. The maximum atomic E-state index is 12.5. The summed E-state index contributed by atoms with van der Waals surface area (Å²) in [5.74, 6) is -0.0367. The van der Waals surface area contributed by atoms with Crippen molar-refractivity contribution >= 4 is 23.5 Å². The molecule has 0 aromatic heterocycles. The second-order valence-electron chi connectivity index (χ2n) is 6.73. The van der Waals surface area contributed by atoms with E-state index in [9.17, 15) is 9.59 Å². The van der Waals surface area contributed by atoms with Gasteiger partial charge in [0, 0.05) is 12.6 Å². The van der Waals surface area contributed by atoms with Gasteiger partial charge in [0.15, 0.2) is 5.96 Å². The summed E-state index contributed by atoms with van der Waals surface area (Å²) < 4.78 is 5.39. The summed E-state index contributed by atoms with van der Waals surface area (Å²) in [4.78, 5) is 30.6. The minimum absolute atomic E-state index is 0.0508. The molecule has 0 saturated carbocycles. The van der Waals surface area contributed by atoms with Gasteiger partial charge in [-0.05, 0) is 62.2 Å². The van der Waals surface area contributed by atoms with E-state index in [0.717, 1.165) is 12.0 Å². The third kappa shape index (κ3) is 6.34. The van der Waals surface area contributed by atoms with Gasteiger partial charge < -0.3 is 21.1 Å². The maximum Gasteiger partial charge on any atom is 0.343 e. The SMILES string of the molecule is CCC(C)N(CC)C(=O)Cc1ccc(OC(=O)c2ccc(N=C(N)N)cc2)cc1. The number of nitrogens with two attached hydrogens (primary N) is 2. The van der Waals surface area contributed by atoms with Crippen LogP contribution in [0.1, 0.15) is 43.1 Å². The standard InChI is InChI=1S/C22H28N4O3/c1-4-15(3)26(5-2)20(27)14-16-6-12-19(13-7-16)29-21(28)17-8-10-18(11-9-17)25-22(23)24/h6-13,15H,4-5,14H2,1-3H3,(H4,23,24,25). The quantitative estimate of drug-likeness (QED) is 0.308. The van der Waals surface area contributed by atoms with Crippen LogP contribution in [-0.2, 0) is 11.2 Å². The average Bonchev–Trinajstić information content (AvgIpc) is 2.69. The number of esters is 1. The van der Waals surface area contributed by atoms with E-state index in [4.69, 9.17) is 16.2 Å². The highest BCUT2D eigenvalue weighted by atomic mass is 16.5. The average molecular weight is 396 g/mol. The summed E-state index contributed by atoms with van der Waals surface area (Å²) in [5, 5.41) is 0. The second kappa shape index (κ2) is 10.3. The number of carbonyl (C=O) groups is 2. The fourth-order valence-corrected chi connectivity index (χ4v) is 2.89. The summed E-state index contributed by atoms with van der Waals surface area (Å²) in [6, 6.07) is 13.6. The highest BCUT2D eigenvalue weighted by Gasteiger charge is 2.17. The number of aliphatic imine (C=N–C) groups is 1. The van der Waals surface area contributed by atoms with Crippen molar-refractivity contribution in [2.45, 2.75) is 39.7 Å². The van der Waals surface area contributed by atoms with Crippen molar-refractivity contribution in [1.29, 1.82) is 0 Å². The molecule has 2 rings (SSSR count). The first-order chi connectivity index (χ1) is 13.8. The number of ether oxygens (including phenoxy) is 1. The molecule has 0 aliphatic heterocycles. The Balaban J connectivity index is 1.98. The number of carbonyl (C=O) groups excluding carboxylic acids is 2. The molecule has 7 heteroatoms. The van der Waals surface area contributed by atoms with E-state index in [1.807, 2.05) is 18.7 Å². The fraction of sp³-hybridized carbons (Fsp3) is 0.318. The summed E-state index contributed by atoms with van der Waals surface area (Å²) in [6.45, 7) is 6.79. The molecule has 1 amide bonds. The van der Waals surface area contributed by atoms with E-state index in [2.05, 4.69) is 11.9 Å². The number of benzene rings is 2. The van der Waals surface area contributed by atoms with Crippen molar-refractivity contribution in [2.75, 3.05) is 6.54 Å². The van der Waals surface area contributed by atoms with Crippen LogP contribution < -0.4 is 16.2 Å². The molecule has 29 heavy (non-hydrogen) atoms. The molecule has 0 fully saturated rings. The molecule has 7 nitrogen and oxygen atoms in total. The molecule has 2 aromatic carbocycles. The van der Waals surface area contributed by atoms with Gasteiger partial charge in [0.05, 0.1) is 17.7 Å². The molecule has 0 aliphatic rings. The van der Waals surface area contributed by atoms with Gasteiger partial charge in [0.2, 0.25) is 5.91 Å². The molecule has 0 bridgehead atoms.